The van der Waals surface area contributed by atoms with Gasteiger partial charge in [0, 0.05) is 37.2 Å². The monoisotopic (exact) mass is 278 g/mol. The summed E-state index contributed by atoms with van der Waals surface area (Å²) in [6.45, 7) is 10.2. The summed E-state index contributed by atoms with van der Waals surface area (Å²) in [6, 6.07) is 9.10. The maximum absolute atomic E-state index is 3.44. The van der Waals surface area contributed by atoms with Crippen molar-refractivity contribution in [3.8, 4) is 0 Å². The van der Waals surface area contributed by atoms with Gasteiger partial charge in [-0.15, -0.1) is 0 Å². The second kappa shape index (κ2) is 7.93. The Morgan fingerprint density at radius 2 is 2.00 bits per heavy atom. The molecule has 3 heteroatoms. The third-order valence-corrected chi connectivity index (χ3v) is 4.65. The van der Waals surface area contributed by atoms with Crippen molar-refractivity contribution in [3.63, 3.8) is 0 Å². The van der Waals surface area contributed by atoms with Crippen LogP contribution in [0.25, 0.3) is 0 Å². The highest BCUT2D eigenvalue weighted by Crippen LogP contribution is 2.19. The lowest BCUT2D eigenvalue weighted by Gasteiger charge is -2.30. The van der Waals surface area contributed by atoms with Crippen molar-refractivity contribution in [3.05, 3.63) is 35.4 Å². The van der Waals surface area contributed by atoms with Crippen LogP contribution in [0.4, 0.5) is 0 Å². The van der Waals surface area contributed by atoms with Gasteiger partial charge in [-0.3, -0.25) is 4.90 Å². The summed E-state index contributed by atoms with van der Waals surface area (Å²) in [5.74, 6) is 1.28. The van der Waals surface area contributed by atoms with Crippen molar-refractivity contribution >= 4 is 11.8 Å². The van der Waals surface area contributed by atoms with Crippen molar-refractivity contribution in [2.75, 3.05) is 25.4 Å². The third kappa shape index (κ3) is 5.17. The van der Waals surface area contributed by atoms with E-state index in [-0.39, 0.29) is 0 Å². The third-order valence-electron chi connectivity index (χ3n) is 3.51. The van der Waals surface area contributed by atoms with Gasteiger partial charge in [0.25, 0.3) is 0 Å². The Balaban J connectivity index is 1.81. The molecule has 1 aliphatic rings. The first-order chi connectivity index (χ1) is 9.28. The Hall–Kier alpha value is -0.510. The molecule has 2 rings (SSSR count). The summed E-state index contributed by atoms with van der Waals surface area (Å²) in [7, 11) is 0. The highest BCUT2D eigenvalue weighted by Gasteiger charge is 2.16. The van der Waals surface area contributed by atoms with Gasteiger partial charge in [0.15, 0.2) is 0 Å². The largest absolute Gasteiger partial charge is 0.313 e. The molecule has 1 aromatic carbocycles. The van der Waals surface area contributed by atoms with E-state index in [9.17, 15) is 0 Å². The summed E-state index contributed by atoms with van der Waals surface area (Å²) in [5.41, 5.74) is 2.83. The standard InChI is InChI=1S/C16H26N2S/c1-3-8-17-11-15-4-6-16(7-5-15)13-18-9-10-19-14(2)12-18/h4-7,14,17H,3,8-13H2,1-2H3. The minimum Gasteiger partial charge on any atom is -0.313 e. The van der Waals surface area contributed by atoms with Crippen LogP contribution in [0.15, 0.2) is 24.3 Å². The summed E-state index contributed by atoms with van der Waals surface area (Å²) < 4.78 is 0. The molecule has 0 bridgehead atoms. The number of nitrogens with zero attached hydrogens (tertiary/aromatic N) is 1. The number of thioether (sulfide) groups is 1. The normalized spacial score (nSPS) is 20.6. The zero-order valence-corrected chi connectivity index (χ0v) is 13.0. The molecule has 1 unspecified atom stereocenters. The lowest BCUT2D eigenvalue weighted by molar-refractivity contribution is 0.278. The van der Waals surface area contributed by atoms with Crippen LogP contribution < -0.4 is 5.32 Å². The zero-order chi connectivity index (χ0) is 13.5. The van der Waals surface area contributed by atoms with Crippen LogP contribution in [0.1, 0.15) is 31.4 Å². The Morgan fingerprint density at radius 3 is 2.68 bits per heavy atom. The number of hydrogen-bond donors (Lipinski definition) is 1. The van der Waals surface area contributed by atoms with Crippen LogP contribution in [0, 0.1) is 0 Å². The molecule has 106 valence electrons. The molecule has 1 N–H and O–H groups in total. The lowest BCUT2D eigenvalue weighted by atomic mass is 10.1. The fourth-order valence-corrected chi connectivity index (χ4v) is 3.55. The molecule has 0 aliphatic carbocycles. The van der Waals surface area contributed by atoms with Gasteiger partial charge in [0.05, 0.1) is 0 Å². The SMILES string of the molecule is CCCNCc1ccc(CN2CCSC(C)C2)cc1. The van der Waals surface area contributed by atoms with Gasteiger partial charge < -0.3 is 5.32 Å². The van der Waals surface area contributed by atoms with Crippen LogP contribution in [0.3, 0.4) is 0 Å². The Labute approximate surface area is 122 Å². The van der Waals surface area contributed by atoms with Crippen molar-refractivity contribution in [2.45, 2.75) is 38.6 Å². The maximum Gasteiger partial charge on any atom is 0.0234 e. The minimum absolute atomic E-state index is 0.784. The van der Waals surface area contributed by atoms with Crippen LogP contribution in [0.5, 0.6) is 0 Å². The van der Waals surface area contributed by atoms with Gasteiger partial charge in [0.1, 0.15) is 0 Å². The first kappa shape index (κ1) is 14.9. The number of rotatable bonds is 6. The van der Waals surface area contributed by atoms with Crippen LogP contribution in [0.2, 0.25) is 0 Å². The summed E-state index contributed by atoms with van der Waals surface area (Å²) in [5, 5.41) is 4.23. The van der Waals surface area contributed by atoms with E-state index in [4.69, 9.17) is 0 Å². The quantitative estimate of drug-likeness (QED) is 0.805. The minimum atomic E-state index is 0.784. The van der Waals surface area contributed by atoms with Gasteiger partial charge in [-0.2, -0.15) is 11.8 Å². The average Bonchev–Trinajstić information content (AvgIpc) is 2.41. The number of hydrogen-bond acceptors (Lipinski definition) is 3. The van der Waals surface area contributed by atoms with E-state index in [0.717, 1.165) is 24.9 Å². The topological polar surface area (TPSA) is 15.3 Å². The summed E-state index contributed by atoms with van der Waals surface area (Å²) in [6.07, 6.45) is 1.20. The highest BCUT2D eigenvalue weighted by atomic mass is 32.2. The van der Waals surface area contributed by atoms with E-state index in [1.807, 2.05) is 0 Å². The van der Waals surface area contributed by atoms with Crippen molar-refractivity contribution in [1.29, 1.82) is 0 Å². The molecule has 0 amide bonds. The zero-order valence-electron chi connectivity index (χ0n) is 12.2. The molecule has 1 heterocycles. The molecular weight excluding hydrogens is 252 g/mol. The fourth-order valence-electron chi connectivity index (χ4n) is 2.46. The van der Waals surface area contributed by atoms with E-state index in [1.54, 1.807) is 0 Å². The highest BCUT2D eigenvalue weighted by molar-refractivity contribution is 7.99. The summed E-state index contributed by atoms with van der Waals surface area (Å²) in [4.78, 5) is 2.57. The molecule has 1 aliphatic heterocycles. The van der Waals surface area contributed by atoms with E-state index < -0.39 is 0 Å². The van der Waals surface area contributed by atoms with Gasteiger partial charge >= 0.3 is 0 Å². The first-order valence-corrected chi connectivity index (χ1v) is 8.45. The molecular formula is C16H26N2S. The van der Waals surface area contributed by atoms with E-state index in [1.165, 1.54) is 36.4 Å². The Morgan fingerprint density at radius 1 is 1.26 bits per heavy atom. The molecule has 1 aromatic rings. The van der Waals surface area contributed by atoms with Crippen LogP contribution in [-0.4, -0.2) is 35.5 Å². The smallest absolute Gasteiger partial charge is 0.0234 e. The molecule has 0 spiro atoms. The van der Waals surface area contributed by atoms with Crippen LogP contribution in [-0.2, 0) is 13.1 Å². The second-order valence-corrected chi connectivity index (χ2v) is 6.96. The first-order valence-electron chi connectivity index (χ1n) is 7.40. The van der Waals surface area contributed by atoms with Crippen molar-refractivity contribution in [2.24, 2.45) is 0 Å². The molecule has 1 atom stereocenters. The average molecular weight is 278 g/mol. The van der Waals surface area contributed by atoms with Gasteiger partial charge in [0.2, 0.25) is 0 Å². The molecule has 0 radical (unpaired) electrons. The molecule has 1 saturated heterocycles. The van der Waals surface area contributed by atoms with Crippen LogP contribution >= 0.6 is 11.8 Å². The van der Waals surface area contributed by atoms with E-state index in [2.05, 4.69) is 60.1 Å². The van der Waals surface area contributed by atoms with E-state index in [0.29, 0.717) is 0 Å². The maximum atomic E-state index is 3.44. The predicted octanol–water partition coefficient (Wildman–Crippen LogP) is 3.12. The van der Waals surface area contributed by atoms with E-state index >= 15 is 0 Å². The van der Waals surface area contributed by atoms with Gasteiger partial charge in [-0.25, -0.2) is 0 Å². The molecule has 19 heavy (non-hydrogen) atoms. The molecule has 1 fully saturated rings. The lowest BCUT2D eigenvalue weighted by Crippen LogP contribution is -2.35. The fraction of sp³-hybridized carbons (Fsp3) is 0.625. The van der Waals surface area contributed by atoms with Gasteiger partial charge in [-0.1, -0.05) is 38.1 Å². The Kier molecular flexibility index (Phi) is 6.21. The van der Waals surface area contributed by atoms with Crippen molar-refractivity contribution < 1.29 is 0 Å². The summed E-state index contributed by atoms with van der Waals surface area (Å²) >= 11 is 2.10. The second-order valence-electron chi connectivity index (χ2n) is 5.41. The van der Waals surface area contributed by atoms with Crippen molar-refractivity contribution in [1.82, 2.24) is 10.2 Å². The number of benzene rings is 1. The predicted molar refractivity (Wildman–Crippen MR) is 85.6 cm³/mol. The van der Waals surface area contributed by atoms with Gasteiger partial charge in [-0.05, 0) is 24.1 Å². The molecule has 2 nitrogen and oxygen atoms in total. The molecule has 0 saturated carbocycles. The molecule has 0 aromatic heterocycles. The Bertz CT molecular complexity index is 364. The number of nitrogens with one attached hydrogen (secondary N) is 1.